The van der Waals surface area contributed by atoms with Crippen molar-refractivity contribution < 1.29 is 14.6 Å². The minimum Gasteiger partial charge on any atom is -0.494 e. The number of carboxylic acid groups (broad SMARTS) is 1. The predicted molar refractivity (Wildman–Crippen MR) is 97.8 cm³/mol. The lowest BCUT2D eigenvalue weighted by Crippen LogP contribution is -2.36. The van der Waals surface area contributed by atoms with Crippen LogP contribution in [0.5, 0.6) is 5.75 Å². The summed E-state index contributed by atoms with van der Waals surface area (Å²) in [5.41, 5.74) is 1.71. The van der Waals surface area contributed by atoms with Crippen LogP contribution < -0.4 is 4.74 Å². The molecular weight excluding hydrogens is 314 g/mol. The average molecular weight is 339 g/mol. The molecule has 2 atom stereocenters. The summed E-state index contributed by atoms with van der Waals surface area (Å²) in [6, 6.07) is 18.0. The molecule has 0 aliphatic carbocycles. The average Bonchev–Trinajstić information content (AvgIpc) is 2.94. The van der Waals surface area contributed by atoms with E-state index in [2.05, 4.69) is 24.0 Å². The highest BCUT2D eigenvalue weighted by Crippen LogP contribution is 2.43. The van der Waals surface area contributed by atoms with Crippen LogP contribution in [0, 0.1) is 5.92 Å². The second kappa shape index (κ2) is 7.28. The molecule has 0 saturated carbocycles. The van der Waals surface area contributed by atoms with Crippen LogP contribution >= 0.6 is 0 Å². The predicted octanol–water partition coefficient (Wildman–Crippen LogP) is 3.56. The third-order valence-corrected chi connectivity index (χ3v) is 5.11. The highest BCUT2D eigenvalue weighted by Gasteiger charge is 2.49. The Morgan fingerprint density at radius 3 is 2.56 bits per heavy atom. The first-order chi connectivity index (χ1) is 12.0. The van der Waals surface area contributed by atoms with Crippen LogP contribution in [-0.4, -0.2) is 35.7 Å². The molecule has 1 heterocycles. The molecule has 132 valence electrons. The highest BCUT2D eigenvalue weighted by molar-refractivity contribution is 5.74. The summed E-state index contributed by atoms with van der Waals surface area (Å²) in [6.07, 6.45) is 0. The molecule has 2 aromatic carbocycles. The third kappa shape index (κ3) is 3.54. The number of likely N-dealkylation sites (tertiary alicyclic amines) is 1. The quantitative estimate of drug-likeness (QED) is 0.874. The van der Waals surface area contributed by atoms with Crippen molar-refractivity contribution in [1.82, 2.24) is 4.90 Å². The molecule has 3 rings (SSSR count). The first-order valence-corrected chi connectivity index (χ1v) is 8.76. The molecule has 1 aliphatic rings. The Morgan fingerprint density at radius 1 is 1.20 bits per heavy atom. The van der Waals surface area contributed by atoms with Gasteiger partial charge in [0.05, 0.1) is 12.5 Å². The number of carboxylic acids is 1. The fourth-order valence-electron chi connectivity index (χ4n) is 3.90. The maximum Gasteiger partial charge on any atom is 0.308 e. The van der Waals surface area contributed by atoms with Crippen molar-refractivity contribution in [3.05, 3.63) is 65.7 Å². The molecule has 1 N–H and O–H groups in total. The summed E-state index contributed by atoms with van der Waals surface area (Å²) in [4.78, 5) is 14.2. The van der Waals surface area contributed by atoms with Crippen LogP contribution in [0.25, 0.3) is 0 Å². The van der Waals surface area contributed by atoms with Crippen LogP contribution in [0.3, 0.4) is 0 Å². The van der Waals surface area contributed by atoms with Gasteiger partial charge in [-0.15, -0.1) is 0 Å². The van der Waals surface area contributed by atoms with E-state index >= 15 is 0 Å². The molecule has 2 unspecified atom stereocenters. The van der Waals surface area contributed by atoms with E-state index in [1.165, 1.54) is 5.56 Å². The van der Waals surface area contributed by atoms with E-state index in [1.54, 1.807) is 0 Å². The van der Waals surface area contributed by atoms with Gasteiger partial charge in [0.1, 0.15) is 5.75 Å². The molecule has 0 radical (unpaired) electrons. The van der Waals surface area contributed by atoms with E-state index in [0.29, 0.717) is 19.7 Å². The highest BCUT2D eigenvalue weighted by atomic mass is 16.5. The molecule has 2 aromatic rings. The molecule has 0 bridgehead atoms. The number of para-hydroxylation sites is 1. The van der Waals surface area contributed by atoms with Gasteiger partial charge in [-0.1, -0.05) is 55.5 Å². The number of nitrogens with zero attached hydrogens (tertiary/aromatic N) is 1. The summed E-state index contributed by atoms with van der Waals surface area (Å²) in [7, 11) is 0. The summed E-state index contributed by atoms with van der Waals surface area (Å²) < 4.78 is 5.78. The number of hydrogen-bond donors (Lipinski definition) is 1. The standard InChI is InChI=1S/C21H25NO3/c1-3-25-19-12-8-7-11-17(19)21(2)15-22(14-18(21)20(23)24)13-16-9-5-4-6-10-16/h4-12,18H,3,13-15H2,1-2H3,(H,23,24). The third-order valence-electron chi connectivity index (χ3n) is 5.11. The van der Waals surface area contributed by atoms with Gasteiger partial charge in [-0.05, 0) is 18.6 Å². The number of hydrogen-bond acceptors (Lipinski definition) is 3. The SMILES string of the molecule is CCOc1ccccc1C1(C)CN(Cc2ccccc2)CC1C(=O)O. The monoisotopic (exact) mass is 339 g/mol. The van der Waals surface area contributed by atoms with Gasteiger partial charge in [0.25, 0.3) is 0 Å². The van der Waals surface area contributed by atoms with Crippen molar-refractivity contribution in [2.45, 2.75) is 25.8 Å². The fraction of sp³-hybridized carbons (Fsp3) is 0.381. The molecule has 0 aromatic heterocycles. The molecule has 1 fully saturated rings. The number of benzene rings is 2. The summed E-state index contributed by atoms with van der Waals surface area (Å²) >= 11 is 0. The maximum atomic E-state index is 12.0. The van der Waals surface area contributed by atoms with Crippen LogP contribution in [0.15, 0.2) is 54.6 Å². The van der Waals surface area contributed by atoms with Gasteiger partial charge in [-0.25, -0.2) is 0 Å². The fourth-order valence-corrected chi connectivity index (χ4v) is 3.90. The van der Waals surface area contributed by atoms with E-state index in [-0.39, 0.29) is 0 Å². The Morgan fingerprint density at radius 2 is 1.88 bits per heavy atom. The lowest BCUT2D eigenvalue weighted by molar-refractivity contribution is -0.142. The van der Waals surface area contributed by atoms with Crippen LogP contribution in [-0.2, 0) is 16.8 Å². The van der Waals surface area contributed by atoms with Gasteiger partial charge >= 0.3 is 5.97 Å². The smallest absolute Gasteiger partial charge is 0.308 e. The lowest BCUT2D eigenvalue weighted by Gasteiger charge is -2.30. The minimum atomic E-state index is -0.746. The second-order valence-corrected chi connectivity index (χ2v) is 6.89. The Balaban J connectivity index is 1.91. The lowest BCUT2D eigenvalue weighted by atomic mass is 9.74. The first-order valence-electron chi connectivity index (χ1n) is 8.76. The number of ether oxygens (including phenoxy) is 1. The molecular formula is C21H25NO3. The van der Waals surface area contributed by atoms with Gasteiger partial charge in [0, 0.05) is 30.6 Å². The molecule has 1 aliphatic heterocycles. The number of carbonyl (C=O) groups is 1. The van der Waals surface area contributed by atoms with Crippen molar-refractivity contribution >= 4 is 5.97 Å². The molecule has 1 saturated heterocycles. The van der Waals surface area contributed by atoms with E-state index < -0.39 is 17.3 Å². The molecule has 0 amide bonds. The zero-order valence-corrected chi connectivity index (χ0v) is 14.8. The topological polar surface area (TPSA) is 49.8 Å². The Bertz CT molecular complexity index is 731. The zero-order valence-electron chi connectivity index (χ0n) is 14.8. The molecule has 25 heavy (non-hydrogen) atoms. The minimum absolute atomic E-state index is 0.460. The van der Waals surface area contributed by atoms with E-state index in [0.717, 1.165) is 17.9 Å². The summed E-state index contributed by atoms with van der Waals surface area (Å²) in [5, 5.41) is 9.85. The van der Waals surface area contributed by atoms with Gasteiger partial charge in [-0.2, -0.15) is 0 Å². The van der Waals surface area contributed by atoms with Crippen molar-refractivity contribution in [1.29, 1.82) is 0 Å². The zero-order chi connectivity index (χ0) is 17.9. The van der Waals surface area contributed by atoms with Crippen molar-refractivity contribution in [2.24, 2.45) is 5.92 Å². The normalized spacial score (nSPS) is 23.5. The summed E-state index contributed by atoms with van der Waals surface area (Å²) in [5.74, 6) is -0.414. The van der Waals surface area contributed by atoms with E-state index in [9.17, 15) is 9.90 Å². The molecule has 4 nitrogen and oxygen atoms in total. The Kier molecular flexibility index (Phi) is 5.09. The second-order valence-electron chi connectivity index (χ2n) is 6.89. The number of aliphatic carboxylic acids is 1. The van der Waals surface area contributed by atoms with Gasteiger partial charge < -0.3 is 9.84 Å². The molecule has 0 spiro atoms. The van der Waals surface area contributed by atoms with Crippen LogP contribution in [0.2, 0.25) is 0 Å². The van der Waals surface area contributed by atoms with E-state index in [1.807, 2.05) is 49.4 Å². The maximum absolute atomic E-state index is 12.0. The Labute approximate surface area is 149 Å². The van der Waals surface area contributed by atoms with Gasteiger partial charge in [0.2, 0.25) is 0 Å². The largest absolute Gasteiger partial charge is 0.494 e. The first kappa shape index (κ1) is 17.5. The van der Waals surface area contributed by atoms with Crippen molar-refractivity contribution in [3.8, 4) is 5.75 Å². The Hall–Kier alpha value is -2.33. The van der Waals surface area contributed by atoms with Crippen LogP contribution in [0.1, 0.15) is 25.0 Å². The van der Waals surface area contributed by atoms with E-state index in [4.69, 9.17) is 4.74 Å². The van der Waals surface area contributed by atoms with Gasteiger partial charge in [0.15, 0.2) is 0 Å². The number of rotatable bonds is 6. The molecule has 4 heteroatoms. The summed E-state index contributed by atoms with van der Waals surface area (Å²) in [6.45, 7) is 6.57. The van der Waals surface area contributed by atoms with Crippen molar-refractivity contribution in [2.75, 3.05) is 19.7 Å². The van der Waals surface area contributed by atoms with Gasteiger partial charge in [-0.3, -0.25) is 9.69 Å². The van der Waals surface area contributed by atoms with Crippen molar-refractivity contribution in [3.63, 3.8) is 0 Å². The van der Waals surface area contributed by atoms with Crippen LogP contribution in [0.4, 0.5) is 0 Å².